The zero-order chi connectivity index (χ0) is 18.1. The summed E-state index contributed by atoms with van der Waals surface area (Å²) in [5.74, 6) is 0.669. The minimum absolute atomic E-state index is 0.182. The van der Waals surface area contributed by atoms with Crippen molar-refractivity contribution in [3.05, 3.63) is 53.5 Å². The van der Waals surface area contributed by atoms with Crippen LogP contribution in [0.1, 0.15) is 11.3 Å². The van der Waals surface area contributed by atoms with Crippen molar-refractivity contribution in [2.24, 2.45) is 0 Å². The summed E-state index contributed by atoms with van der Waals surface area (Å²) in [5.41, 5.74) is 2.49. The van der Waals surface area contributed by atoms with Crippen LogP contribution in [0.5, 0.6) is 0 Å². The minimum atomic E-state index is -1.12. The molecule has 1 aromatic carbocycles. The lowest BCUT2D eigenvalue weighted by Gasteiger charge is -2.28. The average Bonchev–Trinajstić information content (AvgIpc) is 2.95. The molecule has 25 heavy (non-hydrogen) atoms. The predicted molar refractivity (Wildman–Crippen MR) is 97.7 cm³/mol. The van der Waals surface area contributed by atoms with Gasteiger partial charge in [-0.25, -0.2) is 9.37 Å². The molecule has 0 saturated carbocycles. The van der Waals surface area contributed by atoms with Crippen molar-refractivity contribution < 1.29 is 13.4 Å². The highest BCUT2D eigenvalue weighted by molar-refractivity contribution is 7.85. The summed E-state index contributed by atoms with van der Waals surface area (Å²) >= 11 is 0. The van der Waals surface area contributed by atoms with E-state index in [1.54, 1.807) is 24.1 Å². The first-order chi connectivity index (χ1) is 11.8. The second-order valence-electron chi connectivity index (χ2n) is 6.24. The van der Waals surface area contributed by atoms with Gasteiger partial charge in [0.05, 0.1) is 11.6 Å². The fourth-order valence-electron chi connectivity index (χ4n) is 2.98. The number of benzene rings is 1. The smallest absolute Gasteiger partial charge is 0.250 e. The Bertz CT molecular complexity index is 805. The standard InChI is InChI=1S/C18H20FN3O2S/c1-12-8-13(2)20-17(9-12)22-11-25(24)10-16(22)18(23)21(3)15-6-4-14(19)5-7-15/h4-9,16H,10-11H2,1-3H3/t16-,25?/m1/s1. The van der Waals surface area contributed by atoms with E-state index in [-0.39, 0.29) is 23.4 Å². The summed E-state index contributed by atoms with van der Waals surface area (Å²) in [6, 6.07) is 9.04. The first kappa shape index (κ1) is 17.5. The maximum absolute atomic E-state index is 13.1. The molecule has 2 atom stereocenters. The fourth-order valence-corrected chi connectivity index (χ4v) is 4.38. The Labute approximate surface area is 148 Å². The van der Waals surface area contributed by atoms with Gasteiger partial charge in [-0.3, -0.25) is 9.00 Å². The van der Waals surface area contributed by atoms with Crippen molar-refractivity contribution >= 4 is 28.2 Å². The third-order valence-electron chi connectivity index (χ3n) is 4.21. The lowest BCUT2D eigenvalue weighted by molar-refractivity contribution is -0.119. The van der Waals surface area contributed by atoms with E-state index in [4.69, 9.17) is 0 Å². The molecular weight excluding hydrogens is 341 g/mol. The number of likely N-dealkylation sites (N-methyl/N-ethyl adjacent to an activating group) is 1. The van der Waals surface area contributed by atoms with Crippen molar-refractivity contribution in [2.75, 3.05) is 28.5 Å². The number of aryl methyl sites for hydroxylation is 2. The monoisotopic (exact) mass is 361 g/mol. The highest BCUT2D eigenvalue weighted by Gasteiger charge is 2.38. The Morgan fingerprint density at radius 2 is 1.96 bits per heavy atom. The van der Waals surface area contributed by atoms with Crippen LogP contribution in [0.25, 0.3) is 0 Å². The molecule has 0 spiro atoms. The summed E-state index contributed by atoms with van der Waals surface area (Å²) in [6.45, 7) is 3.86. The third kappa shape index (κ3) is 3.71. The summed E-state index contributed by atoms with van der Waals surface area (Å²) in [5, 5.41) is 0. The number of aromatic nitrogens is 1. The molecule has 132 valence electrons. The number of amides is 1. The molecule has 3 rings (SSSR count). The van der Waals surface area contributed by atoms with Gasteiger partial charge < -0.3 is 9.80 Å². The first-order valence-corrected chi connectivity index (χ1v) is 9.44. The Balaban J connectivity index is 1.89. The van der Waals surface area contributed by atoms with E-state index >= 15 is 0 Å². The van der Waals surface area contributed by atoms with Gasteiger partial charge in [-0.2, -0.15) is 0 Å². The normalized spacial score (nSPS) is 19.9. The lowest BCUT2D eigenvalue weighted by atomic mass is 10.2. The second kappa shape index (κ2) is 6.92. The molecule has 1 saturated heterocycles. The van der Waals surface area contributed by atoms with Crippen LogP contribution in [0.2, 0.25) is 0 Å². The van der Waals surface area contributed by atoms with Crippen LogP contribution in [0.4, 0.5) is 15.9 Å². The minimum Gasteiger partial charge on any atom is -0.332 e. The number of carbonyl (C=O) groups excluding carboxylic acids is 1. The molecular formula is C18H20FN3O2S. The zero-order valence-electron chi connectivity index (χ0n) is 14.4. The van der Waals surface area contributed by atoms with Crippen molar-refractivity contribution in [2.45, 2.75) is 19.9 Å². The van der Waals surface area contributed by atoms with E-state index in [0.717, 1.165) is 11.3 Å². The number of rotatable bonds is 3. The van der Waals surface area contributed by atoms with Gasteiger partial charge in [0, 0.05) is 29.2 Å². The first-order valence-electron chi connectivity index (χ1n) is 7.95. The van der Waals surface area contributed by atoms with Gasteiger partial charge in [-0.05, 0) is 55.8 Å². The number of halogens is 1. The summed E-state index contributed by atoms with van der Waals surface area (Å²) in [7, 11) is 0.527. The topological polar surface area (TPSA) is 53.5 Å². The van der Waals surface area contributed by atoms with Crippen molar-refractivity contribution in [3.8, 4) is 0 Å². The molecule has 1 fully saturated rings. The quantitative estimate of drug-likeness (QED) is 0.842. The van der Waals surface area contributed by atoms with Crippen LogP contribution in [-0.2, 0) is 15.6 Å². The zero-order valence-corrected chi connectivity index (χ0v) is 15.2. The van der Waals surface area contributed by atoms with Gasteiger partial charge in [0.2, 0.25) is 5.91 Å². The molecule has 1 amide bonds. The maximum Gasteiger partial charge on any atom is 0.250 e. The molecule has 1 unspecified atom stereocenters. The van der Waals surface area contributed by atoms with Crippen LogP contribution in [0, 0.1) is 19.7 Å². The van der Waals surface area contributed by atoms with Crippen molar-refractivity contribution in [1.82, 2.24) is 4.98 Å². The molecule has 0 radical (unpaired) electrons. The lowest BCUT2D eigenvalue weighted by Crippen LogP contribution is -2.46. The summed E-state index contributed by atoms with van der Waals surface area (Å²) in [4.78, 5) is 20.7. The van der Waals surface area contributed by atoms with Gasteiger partial charge in [-0.1, -0.05) is 0 Å². The number of carbonyl (C=O) groups is 1. The molecule has 0 aliphatic carbocycles. The molecule has 1 aromatic heterocycles. The molecule has 0 N–H and O–H groups in total. The molecule has 1 aliphatic heterocycles. The number of anilines is 2. The summed E-state index contributed by atoms with van der Waals surface area (Å²) < 4.78 is 25.2. The van der Waals surface area contributed by atoms with Gasteiger partial charge in [0.25, 0.3) is 0 Å². The molecule has 2 heterocycles. The second-order valence-corrected chi connectivity index (χ2v) is 7.71. The Morgan fingerprint density at radius 1 is 1.28 bits per heavy atom. The number of hydrogen-bond donors (Lipinski definition) is 0. The highest BCUT2D eigenvalue weighted by atomic mass is 32.2. The summed E-state index contributed by atoms with van der Waals surface area (Å²) in [6.07, 6.45) is 0. The SMILES string of the molecule is Cc1cc(C)nc(N2CS(=O)C[C@@H]2C(=O)N(C)c2ccc(F)cc2)c1. The van der Waals surface area contributed by atoms with Gasteiger partial charge in [-0.15, -0.1) is 0 Å². The fraction of sp³-hybridized carbons (Fsp3) is 0.333. The number of nitrogens with zero attached hydrogens (tertiary/aromatic N) is 3. The van der Waals surface area contributed by atoms with E-state index in [2.05, 4.69) is 4.98 Å². The number of hydrogen-bond acceptors (Lipinski definition) is 4. The largest absolute Gasteiger partial charge is 0.332 e. The molecule has 7 heteroatoms. The van der Waals surface area contributed by atoms with E-state index in [1.807, 2.05) is 26.0 Å². The van der Waals surface area contributed by atoms with Crippen LogP contribution >= 0.6 is 0 Å². The molecule has 2 aromatic rings. The third-order valence-corrected chi connectivity index (χ3v) is 5.46. The van der Waals surface area contributed by atoms with Crippen LogP contribution in [0.3, 0.4) is 0 Å². The highest BCUT2D eigenvalue weighted by Crippen LogP contribution is 2.25. The predicted octanol–water partition coefficient (Wildman–Crippen LogP) is 2.40. The Hall–Kier alpha value is -2.28. The van der Waals surface area contributed by atoms with Gasteiger partial charge >= 0.3 is 0 Å². The molecule has 5 nitrogen and oxygen atoms in total. The van der Waals surface area contributed by atoms with E-state index in [9.17, 15) is 13.4 Å². The maximum atomic E-state index is 13.1. The van der Waals surface area contributed by atoms with Crippen LogP contribution < -0.4 is 9.80 Å². The van der Waals surface area contributed by atoms with Crippen molar-refractivity contribution in [1.29, 1.82) is 0 Å². The van der Waals surface area contributed by atoms with Gasteiger partial charge in [0.1, 0.15) is 17.7 Å². The van der Waals surface area contributed by atoms with Crippen LogP contribution in [0.15, 0.2) is 36.4 Å². The number of pyridine rings is 1. The Kier molecular flexibility index (Phi) is 4.85. The molecule has 1 aliphatic rings. The van der Waals surface area contributed by atoms with Crippen molar-refractivity contribution in [3.63, 3.8) is 0 Å². The van der Waals surface area contributed by atoms with E-state index in [0.29, 0.717) is 11.5 Å². The Morgan fingerprint density at radius 3 is 2.60 bits per heavy atom. The van der Waals surface area contributed by atoms with E-state index in [1.165, 1.54) is 17.0 Å². The van der Waals surface area contributed by atoms with Crippen LogP contribution in [-0.4, -0.2) is 39.8 Å². The van der Waals surface area contributed by atoms with E-state index < -0.39 is 16.8 Å². The average molecular weight is 361 g/mol. The molecule has 0 bridgehead atoms. The van der Waals surface area contributed by atoms with Gasteiger partial charge in [0.15, 0.2) is 0 Å².